The van der Waals surface area contributed by atoms with Crippen LogP contribution in [0.25, 0.3) is 0 Å². The summed E-state index contributed by atoms with van der Waals surface area (Å²) in [4.78, 5) is 8.07. The molecule has 1 atom stereocenters. The number of oxime groups is 1. The first-order valence-electron chi connectivity index (χ1n) is 9.51. The van der Waals surface area contributed by atoms with Gasteiger partial charge in [0, 0.05) is 25.1 Å². The molecular weight excluding hydrogens is 379 g/mol. The number of hydrogen-bond donors (Lipinski definition) is 0. The maximum atomic E-state index is 13.0. The Hall–Kier alpha value is -2.85. The van der Waals surface area contributed by atoms with Crippen LogP contribution >= 0.6 is 0 Å². The minimum Gasteiger partial charge on any atom is -0.387 e. The first-order chi connectivity index (χ1) is 13.9. The first kappa shape index (κ1) is 19.5. The monoisotopic (exact) mass is 399 g/mol. The van der Waals surface area contributed by atoms with Gasteiger partial charge in [0.1, 0.15) is 0 Å². The highest BCUT2D eigenvalue weighted by Gasteiger charge is 2.43. The highest BCUT2D eigenvalue weighted by Crippen LogP contribution is 2.36. The van der Waals surface area contributed by atoms with E-state index in [1.54, 1.807) is 18.2 Å². The van der Waals surface area contributed by atoms with Gasteiger partial charge in [0.2, 0.25) is 0 Å². The SMILES string of the molecule is N#Cc1ccc(CN2CCCC3(CC(c4cccc(C(F)(F)F)c4)=NO3)C2)cc1. The number of hydrogen-bond acceptors (Lipinski definition) is 4. The number of piperidine rings is 1. The number of nitriles is 1. The van der Waals surface area contributed by atoms with Gasteiger partial charge in [0.05, 0.1) is 22.9 Å². The largest absolute Gasteiger partial charge is 0.416 e. The lowest BCUT2D eigenvalue weighted by Crippen LogP contribution is -2.47. The molecule has 2 heterocycles. The normalized spacial score (nSPS) is 22.2. The maximum absolute atomic E-state index is 13.0. The van der Waals surface area contributed by atoms with E-state index in [1.807, 2.05) is 12.1 Å². The van der Waals surface area contributed by atoms with Gasteiger partial charge >= 0.3 is 6.18 Å². The number of rotatable bonds is 3. The van der Waals surface area contributed by atoms with Gasteiger partial charge in [0.25, 0.3) is 0 Å². The minimum atomic E-state index is -4.38. The van der Waals surface area contributed by atoms with E-state index in [0.29, 0.717) is 29.8 Å². The van der Waals surface area contributed by atoms with Crippen molar-refractivity contribution in [2.24, 2.45) is 5.16 Å². The summed E-state index contributed by atoms with van der Waals surface area (Å²) in [5.74, 6) is 0. The van der Waals surface area contributed by atoms with Gasteiger partial charge in [0.15, 0.2) is 5.60 Å². The van der Waals surface area contributed by atoms with Gasteiger partial charge in [-0.3, -0.25) is 4.90 Å². The number of likely N-dealkylation sites (tertiary alicyclic amines) is 1. The molecule has 1 fully saturated rings. The highest BCUT2D eigenvalue weighted by molar-refractivity contribution is 6.01. The van der Waals surface area contributed by atoms with Crippen molar-refractivity contribution in [1.29, 1.82) is 5.26 Å². The molecule has 2 aliphatic heterocycles. The second kappa shape index (κ2) is 7.53. The Morgan fingerprint density at radius 3 is 2.69 bits per heavy atom. The molecule has 2 aliphatic rings. The van der Waals surface area contributed by atoms with Crippen LogP contribution < -0.4 is 0 Å². The molecule has 4 rings (SSSR count). The Bertz CT molecular complexity index is 963. The molecule has 7 heteroatoms. The lowest BCUT2D eigenvalue weighted by molar-refractivity contribution is -0.137. The number of alkyl halides is 3. The van der Waals surface area contributed by atoms with Crippen molar-refractivity contribution in [2.75, 3.05) is 13.1 Å². The van der Waals surface area contributed by atoms with Crippen LogP contribution in [0.4, 0.5) is 13.2 Å². The smallest absolute Gasteiger partial charge is 0.387 e. The molecule has 2 aromatic carbocycles. The van der Waals surface area contributed by atoms with Gasteiger partial charge in [-0.2, -0.15) is 18.4 Å². The molecule has 0 bridgehead atoms. The van der Waals surface area contributed by atoms with Gasteiger partial charge in [-0.25, -0.2) is 0 Å². The molecule has 1 unspecified atom stereocenters. The second-order valence-corrected chi connectivity index (χ2v) is 7.69. The van der Waals surface area contributed by atoms with Gasteiger partial charge < -0.3 is 4.84 Å². The van der Waals surface area contributed by atoms with Crippen LogP contribution in [0.2, 0.25) is 0 Å². The van der Waals surface area contributed by atoms with Crippen LogP contribution in [0.3, 0.4) is 0 Å². The zero-order chi connectivity index (χ0) is 20.5. The summed E-state index contributed by atoms with van der Waals surface area (Å²) in [6.45, 7) is 2.32. The molecule has 0 saturated carbocycles. The lowest BCUT2D eigenvalue weighted by atomic mass is 9.86. The predicted octanol–water partition coefficient (Wildman–Crippen LogP) is 4.74. The van der Waals surface area contributed by atoms with Crippen molar-refractivity contribution in [3.05, 3.63) is 70.8 Å². The van der Waals surface area contributed by atoms with Gasteiger partial charge in [-0.1, -0.05) is 29.4 Å². The Morgan fingerprint density at radius 2 is 1.97 bits per heavy atom. The third-order valence-corrected chi connectivity index (χ3v) is 5.47. The summed E-state index contributed by atoms with van der Waals surface area (Å²) in [7, 11) is 0. The molecule has 1 saturated heterocycles. The summed E-state index contributed by atoms with van der Waals surface area (Å²) in [6, 6.07) is 14.9. The van der Waals surface area contributed by atoms with Gasteiger partial charge in [-0.15, -0.1) is 0 Å². The standard InChI is InChI=1S/C22H20F3N3O/c23-22(24,25)19-4-1-3-18(11-19)20-12-21(29-27-20)9-2-10-28(15-21)14-17-7-5-16(13-26)6-8-17/h1,3-8,11H,2,9-10,12,14-15H2. The van der Waals surface area contributed by atoms with Crippen LogP contribution in [0, 0.1) is 11.3 Å². The van der Waals surface area contributed by atoms with E-state index in [1.165, 1.54) is 6.07 Å². The highest BCUT2D eigenvalue weighted by atomic mass is 19.4. The summed E-state index contributed by atoms with van der Waals surface area (Å²) < 4.78 is 39.0. The zero-order valence-corrected chi connectivity index (χ0v) is 15.7. The molecule has 0 radical (unpaired) electrons. The Balaban J connectivity index is 1.44. The number of nitrogens with zero attached hydrogens (tertiary/aromatic N) is 3. The summed E-state index contributed by atoms with van der Waals surface area (Å²) in [5.41, 5.74) is 1.59. The van der Waals surface area contributed by atoms with Crippen molar-refractivity contribution in [3.63, 3.8) is 0 Å². The minimum absolute atomic E-state index is 0.459. The average Bonchev–Trinajstić information content (AvgIpc) is 3.11. The van der Waals surface area contributed by atoms with Crippen LogP contribution in [0.5, 0.6) is 0 Å². The van der Waals surface area contributed by atoms with E-state index in [9.17, 15) is 13.2 Å². The molecule has 0 amide bonds. The third-order valence-electron chi connectivity index (χ3n) is 5.47. The van der Waals surface area contributed by atoms with E-state index < -0.39 is 17.3 Å². The second-order valence-electron chi connectivity index (χ2n) is 7.69. The summed E-state index contributed by atoms with van der Waals surface area (Å²) >= 11 is 0. The fourth-order valence-corrected chi connectivity index (χ4v) is 4.04. The Morgan fingerprint density at radius 1 is 1.17 bits per heavy atom. The Kier molecular flexibility index (Phi) is 5.05. The molecule has 4 nitrogen and oxygen atoms in total. The van der Waals surface area contributed by atoms with Crippen LogP contribution in [0.1, 0.15) is 41.5 Å². The molecule has 0 N–H and O–H groups in total. The van der Waals surface area contributed by atoms with Crippen molar-refractivity contribution in [3.8, 4) is 6.07 Å². The quantitative estimate of drug-likeness (QED) is 0.749. The Labute approximate surface area is 167 Å². The molecular formula is C22H20F3N3O. The topological polar surface area (TPSA) is 48.6 Å². The fraction of sp³-hybridized carbons (Fsp3) is 0.364. The van der Waals surface area contributed by atoms with Gasteiger partial charge in [-0.05, 0) is 49.2 Å². The fourth-order valence-electron chi connectivity index (χ4n) is 4.04. The predicted molar refractivity (Wildman–Crippen MR) is 102 cm³/mol. The molecule has 0 aliphatic carbocycles. The summed E-state index contributed by atoms with van der Waals surface area (Å²) in [5, 5.41) is 13.1. The zero-order valence-electron chi connectivity index (χ0n) is 15.7. The van der Waals surface area contributed by atoms with Crippen molar-refractivity contribution in [2.45, 2.75) is 37.6 Å². The van der Waals surface area contributed by atoms with E-state index in [-0.39, 0.29) is 0 Å². The lowest BCUT2D eigenvalue weighted by Gasteiger charge is -2.38. The molecule has 150 valence electrons. The summed E-state index contributed by atoms with van der Waals surface area (Å²) in [6.07, 6.45) is -2.13. The molecule has 29 heavy (non-hydrogen) atoms. The average molecular weight is 399 g/mol. The number of halogens is 3. The number of benzene rings is 2. The molecule has 0 aromatic heterocycles. The molecule has 1 spiro atoms. The van der Waals surface area contributed by atoms with E-state index in [0.717, 1.165) is 43.6 Å². The van der Waals surface area contributed by atoms with Crippen LogP contribution in [0.15, 0.2) is 53.7 Å². The van der Waals surface area contributed by atoms with E-state index in [4.69, 9.17) is 10.1 Å². The maximum Gasteiger partial charge on any atom is 0.416 e. The van der Waals surface area contributed by atoms with E-state index >= 15 is 0 Å². The molecule has 2 aromatic rings. The first-order valence-corrected chi connectivity index (χ1v) is 9.51. The van der Waals surface area contributed by atoms with Crippen LogP contribution in [-0.2, 0) is 17.6 Å². The third kappa shape index (κ3) is 4.28. The van der Waals surface area contributed by atoms with Crippen molar-refractivity contribution >= 4 is 5.71 Å². The van der Waals surface area contributed by atoms with Crippen molar-refractivity contribution in [1.82, 2.24) is 4.90 Å². The van der Waals surface area contributed by atoms with Crippen molar-refractivity contribution < 1.29 is 18.0 Å². The van der Waals surface area contributed by atoms with Crippen LogP contribution in [-0.4, -0.2) is 29.3 Å². The van der Waals surface area contributed by atoms with E-state index in [2.05, 4.69) is 16.1 Å².